The molecule has 0 aromatic heterocycles. The summed E-state index contributed by atoms with van der Waals surface area (Å²) >= 11 is 0. The van der Waals surface area contributed by atoms with Crippen LogP contribution in [0.1, 0.15) is 13.8 Å². The molecule has 8 nitrogen and oxygen atoms in total. The van der Waals surface area contributed by atoms with Gasteiger partial charge in [0.25, 0.3) is 0 Å². The SMILES string of the molecule is CO[C@H]1O[C@H](CO)[C@@H](O)[C@H](OC(C)=O)[C@@H]1OC(C)=O. The molecule has 0 amide bonds. The van der Waals surface area contributed by atoms with E-state index in [1.165, 1.54) is 14.0 Å². The number of rotatable bonds is 4. The lowest BCUT2D eigenvalue weighted by Gasteiger charge is -2.42. The smallest absolute Gasteiger partial charge is 0.303 e. The first kappa shape index (κ1) is 15.8. The van der Waals surface area contributed by atoms with Crippen LogP contribution >= 0.6 is 0 Å². The Balaban J connectivity index is 2.96. The van der Waals surface area contributed by atoms with Crippen molar-refractivity contribution in [2.24, 2.45) is 0 Å². The van der Waals surface area contributed by atoms with Gasteiger partial charge in [-0.1, -0.05) is 0 Å². The van der Waals surface area contributed by atoms with Crippen molar-refractivity contribution in [3.63, 3.8) is 0 Å². The van der Waals surface area contributed by atoms with Crippen molar-refractivity contribution in [2.75, 3.05) is 13.7 Å². The zero-order valence-corrected chi connectivity index (χ0v) is 10.9. The third-order valence-electron chi connectivity index (χ3n) is 2.63. The van der Waals surface area contributed by atoms with Gasteiger partial charge in [0.15, 0.2) is 18.5 Å². The van der Waals surface area contributed by atoms with Crippen molar-refractivity contribution >= 4 is 11.9 Å². The summed E-state index contributed by atoms with van der Waals surface area (Å²) in [4.78, 5) is 22.1. The number of aliphatic hydroxyl groups is 2. The molecule has 0 radical (unpaired) electrons. The Morgan fingerprint density at radius 2 is 1.68 bits per heavy atom. The highest BCUT2D eigenvalue weighted by atomic mass is 16.7. The van der Waals surface area contributed by atoms with Gasteiger partial charge in [0.2, 0.25) is 0 Å². The van der Waals surface area contributed by atoms with E-state index in [0.29, 0.717) is 0 Å². The number of ether oxygens (including phenoxy) is 4. The summed E-state index contributed by atoms with van der Waals surface area (Å²) in [6.07, 6.45) is -5.65. The summed E-state index contributed by atoms with van der Waals surface area (Å²) in [5.74, 6) is -1.29. The van der Waals surface area contributed by atoms with Crippen molar-refractivity contribution in [3.05, 3.63) is 0 Å². The maximum absolute atomic E-state index is 11.1. The maximum Gasteiger partial charge on any atom is 0.303 e. The molecule has 19 heavy (non-hydrogen) atoms. The van der Waals surface area contributed by atoms with Crippen LogP contribution in [-0.4, -0.2) is 66.6 Å². The number of esters is 2. The van der Waals surface area contributed by atoms with E-state index in [1.54, 1.807) is 0 Å². The highest BCUT2D eigenvalue weighted by molar-refractivity contribution is 5.67. The fraction of sp³-hybridized carbons (Fsp3) is 0.818. The van der Waals surface area contributed by atoms with E-state index < -0.39 is 49.3 Å². The van der Waals surface area contributed by atoms with Crippen LogP contribution in [0.3, 0.4) is 0 Å². The molecule has 110 valence electrons. The zero-order chi connectivity index (χ0) is 14.6. The van der Waals surface area contributed by atoms with Gasteiger partial charge in [0, 0.05) is 21.0 Å². The van der Waals surface area contributed by atoms with Gasteiger partial charge in [0.05, 0.1) is 6.61 Å². The summed E-state index contributed by atoms with van der Waals surface area (Å²) in [7, 11) is 1.30. The van der Waals surface area contributed by atoms with Crippen molar-refractivity contribution in [3.8, 4) is 0 Å². The van der Waals surface area contributed by atoms with E-state index in [9.17, 15) is 14.7 Å². The molecule has 0 saturated carbocycles. The standard InChI is InChI=1S/C11H18O8/c1-5(13)17-9-8(15)7(4-12)19-11(16-3)10(9)18-6(2)14/h7-12,15H,4H2,1-3H3/t7-,8-,9+,10+,11+/m1/s1. The Morgan fingerprint density at radius 1 is 1.16 bits per heavy atom. The molecular weight excluding hydrogens is 260 g/mol. The minimum atomic E-state index is -1.33. The van der Waals surface area contributed by atoms with E-state index in [2.05, 4.69) is 0 Å². The first-order valence-corrected chi connectivity index (χ1v) is 5.72. The molecule has 0 unspecified atom stereocenters. The summed E-state index contributed by atoms with van der Waals surface area (Å²) < 4.78 is 20.1. The Morgan fingerprint density at radius 3 is 2.11 bits per heavy atom. The van der Waals surface area contributed by atoms with Crippen LogP contribution < -0.4 is 0 Å². The summed E-state index contributed by atoms with van der Waals surface area (Å²) in [6.45, 7) is 1.83. The summed E-state index contributed by atoms with van der Waals surface area (Å²) in [5, 5.41) is 19.1. The molecule has 0 spiro atoms. The molecule has 8 heteroatoms. The van der Waals surface area contributed by atoms with Crippen molar-refractivity contribution in [2.45, 2.75) is 44.6 Å². The van der Waals surface area contributed by atoms with Gasteiger partial charge in [-0.05, 0) is 0 Å². The third kappa shape index (κ3) is 3.87. The second kappa shape index (κ2) is 6.80. The Kier molecular flexibility index (Phi) is 5.67. The van der Waals surface area contributed by atoms with E-state index in [4.69, 9.17) is 24.1 Å². The van der Waals surface area contributed by atoms with Crippen LogP contribution in [0.5, 0.6) is 0 Å². The topological polar surface area (TPSA) is 112 Å². The molecular formula is C11H18O8. The minimum Gasteiger partial charge on any atom is -0.455 e. The molecule has 0 aromatic rings. The second-order valence-corrected chi connectivity index (χ2v) is 4.10. The third-order valence-corrected chi connectivity index (χ3v) is 2.63. The monoisotopic (exact) mass is 278 g/mol. The van der Waals surface area contributed by atoms with Crippen LogP contribution in [0.4, 0.5) is 0 Å². The van der Waals surface area contributed by atoms with Crippen LogP contribution in [0.2, 0.25) is 0 Å². The molecule has 1 fully saturated rings. The number of carbonyl (C=O) groups excluding carboxylic acids is 2. The Bertz CT molecular complexity index is 331. The summed E-state index contributed by atoms with van der Waals surface area (Å²) in [6, 6.07) is 0. The second-order valence-electron chi connectivity index (χ2n) is 4.10. The van der Waals surface area contributed by atoms with Crippen LogP contribution in [0.25, 0.3) is 0 Å². The molecule has 0 bridgehead atoms. The molecule has 0 aromatic carbocycles. The van der Waals surface area contributed by atoms with Crippen molar-refractivity contribution in [1.82, 2.24) is 0 Å². The predicted octanol–water partition coefficient (Wildman–Crippen LogP) is -1.43. The minimum absolute atomic E-state index is 0.494. The predicted molar refractivity (Wildman–Crippen MR) is 59.9 cm³/mol. The quantitative estimate of drug-likeness (QED) is 0.602. The number of hydrogen-bond donors (Lipinski definition) is 2. The Labute approximate surface area is 110 Å². The fourth-order valence-electron chi connectivity index (χ4n) is 1.87. The number of aliphatic hydroxyl groups excluding tert-OH is 2. The van der Waals surface area contributed by atoms with Gasteiger partial charge < -0.3 is 29.2 Å². The number of methoxy groups -OCH3 is 1. The average Bonchev–Trinajstić information content (AvgIpc) is 2.33. The van der Waals surface area contributed by atoms with E-state index in [1.807, 2.05) is 0 Å². The van der Waals surface area contributed by atoms with Crippen molar-refractivity contribution in [1.29, 1.82) is 0 Å². The lowest BCUT2D eigenvalue weighted by atomic mass is 9.98. The van der Waals surface area contributed by atoms with Gasteiger partial charge in [-0.15, -0.1) is 0 Å². The average molecular weight is 278 g/mol. The lowest BCUT2D eigenvalue weighted by Crippen LogP contribution is -2.61. The van der Waals surface area contributed by atoms with Gasteiger partial charge in [-0.2, -0.15) is 0 Å². The van der Waals surface area contributed by atoms with Crippen LogP contribution in [-0.2, 0) is 28.5 Å². The molecule has 1 saturated heterocycles. The molecule has 2 N–H and O–H groups in total. The summed E-state index contributed by atoms with van der Waals surface area (Å²) in [5.41, 5.74) is 0. The van der Waals surface area contributed by atoms with Gasteiger partial charge in [-0.3, -0.25) is 9.59 Å². The van der Waals surface area contributed by atoms with Crippen LogP contribution in [0.15, 0.2) is 0 Å². The van der Waals surface area contributed by atoms with Gasteiger partial charge in [0.1, 0.15) is 12.2 Å². The zero-order valence-electron chi connectivity index (χ0n) is 10.9. The van der Waals surface area contributed by atoms with E-state index >= 15 is 0 Å². The molecule has 1 aliphatic rings. The number of hydrogen-bond acceptors (Lipinski definition) is 8. The molecule has 0 aliphatic carbocycles. The molecule has 5 atom stereocenters. The van der Waals surface area contributed by atoms with E-state index in [0.717, 1.165) is 6.92 Å². The molecule has 1 aliphatic heterocycles. The first-order chi connectivity index (χ1) is 8.90. The van der Waals surface area contributed by atoms with E-state index in [-0.39, 0.29) is 0 Å². The highest BCUT2D eigenvalue weighted by Gasteiger charge is 2.49. The normalized spacial score (nSPS) is 34.7. The van der Waals surface area contributed by atoms with Crippen molar-refractivity contribution < 1.29 is 38.7 Å². The highest BCUT2D eigenvalue weighted by Crippen LogP contribution is 2.26. The fourth-order valence-corrected chi connectivity index (χ4v) is 1.87. The maximum atomic E-state index is 11.1. The van der Waals surface area contributed by atoms with Gasteiger partial charge >= 0.3 is 11.9 Å². The Hall–Kier alpha value is -1.22. The molecule has 1 rings (SSSR count). The van der Waals surface area contributed by atoms with Crippen LogP contribution in [0, 0.1) is 0 Å². The first-order valence-electron chi connectivity index (χ1n) is 5.72. The van der Waals surface area contributed by atoms with Gasteiger partial charge in [-0.25, -0.2) is 0 Å². The molecule has 1 heterocycles. The lowest BCUT2D eigenvalue weighted by molar-refractivity contribution is -0.299. The largest absolute Gasteiger partial charge is 0.455 e. The number of carbonyl (C=O) groups is 2.